The molecule has 0 saturated carbocycles. The number of hydrogen-bond donors (Lipinski definition) is 2. The number of nitrogens with zero attached hydrogens (tertiary/aromatic N) is 4. The molecule has 0 amide bonds. The highest BCUT2D eigenvalue weighted by Crippen LogP contribution is 2.36. The Labute approximate surface area is 383 Å². The fraction of sp³-hybridized carbons (Fsp3) is 0.182. The third-order valence-corrected chi connectivity index (χ3v) is 13.8. The van der Waals surface area contributed by atoms with Gasteiger partial charge in [0.25, 0.3) is 19.1 Å². The Morgan fingerprint density at radius 1 is 0.719 bits per heavy atom. The molecular formula is C44H42ClN6O9S4+. The minimum Gasteiger partial charge on any atom is -0.493 e. The minimum atomic E-state index is -3.85. The van der Waals surface area contributed by atoms with E-state index in [4.69, 9.17) is 40.1 Å². The van der Waals surface area contributed by atoms with Crippen molar-refractivity contribution in [1.29, 1.82) is 0 Å². The smallest absolute Gasteiger partial charge is 0.262 e. The number of rotatable bonds is 10. The molecule has 0 unspecified atom stereocenters. The van der Waals surface area contributed by atoms with Crippen molar-refractivity contribution in [3.8, 4) is 33.6 Å². The lowest BCUT2D eigenvalue weighted by Crippen LogP contribution is -2.13. The molecule has 3 aromatic carbocycles. The van der Waals surface area contributed by atoms with Gasteiger partial charge >= 0.3 is 0 Å². The third kappa shape index (κ3) is 12.1. The molecule has 7 aromatic rings. The molecule has 332 valence electrons. The summed E-state index contributed by atoms with van der Waals surface area (Å²) in [6.45, 7) is 2.00. The van der Waals surface area contributed by atoms with Gasteiger partial charge in [0, 0.05) is 72.5 Å². The summed E-state index contributed by atoms with van der Waals surface area (Å²) < 4.78 is 77.8. The van der Waals surface area contributed by atoms with Crippen LogP contribution in [0.1, 0.15) is 17.8 Å². The van der Waals surface area contributed by atoms with Crippen molar-refractivity contribution in [1.82, 2.24) is 19.9 Å². The molecule has 15 nitrogen and oxygen atoms in total. The summed E-state index contributed by atoms with van der Waals surface area (Å²) in [5, 5.41) is 1.63. The van der Waals surface area contributed by atoms with Crippen molar-refractivity contribution >= 4 is 84.1 Å². The number of thiazole rings is 2. The van der Waals surface area contributed by atoms with Gasteiger partial charge in [0.2, 0.25) is 0 Å². The zero-order valence-electron chi connectivity index (χ0n) is 34.8. The number of hydrogen-bond acceptors (Lipinski definition) is 16. The van der Waals surface area contributed by atoms with E-state index in [-0.39, 0.29) is 9.79 Å². The molecule has 9 rings (SSSR count). The van der Waals surface area contributed by atoms with Crippen LogP contribution in [0.3, 0.4) is 0 Å². The van der Waals surface area contributed by atoms with Gasteiger partial charge in [0.1, 0.15) is 22.7 Å². The number of nitrogens with two attached hydrogens (primary N) is 1. The van der Waals surface area contributed by atoms with Crippen molar-refractivity contribution in [2.75, 3.05) is 46.4 Å². The molecule has 0 bridgehead atoms. The number of sulfonamides is 1. The van der Waals surface area contributed by atoms with E-state index in [9.17, 15) is 16.8 Å². The lowest BCUT2D eigenvalue weighted by molar-refractivity contribution is 0.198. The second-order valence-corrected chi connectivity index (χ2v) is 19.5. The van der Waals surface area contributed by atoms with Crippen LogP contribution in [0.5, 0.6) is 23.0 Å². The average molecular weight is 963 g/mol. The van der Waals surface area contributed by atoms with E-state index < -0.39 is 19.1 Å². The van der Waals surface area contributed by atoms with Crippen molar-refractivity contribution in [3.63, 3.8) is 0 Å². The van der Waals surface area contributed by atoms with Crippen LogP contribution in [0.15, 0.2) is 131 Å². The molecule has 0 atom stereocenters. The molecule has 0 radical (unpaired) electrons. The molecule has 1 fully saturated rings. The van der Waals surface area contributed by atoms with E-state index in [0.29, 0.717) is 45.0 Å². The molecule has 20 heteroatoms. The highest BCUT2D eigenvalue weighted by molar-refractivity contribution is 8.13. The number of fused-ring (bicyclic) bond motifs is 2. The van der Waals surface area contributed by atoms with Crippen LogP contribution in [0.4, 0.5) is 5.69 Å². The predicted molar refractivity (Wildman–Crippen MR) is 251 cm³/mol. The molecule has 4 aromatic heterocycles. The monoisotopic (exact) mass is 961 g/mol. The van der Waals surface area contributed by atoms with Crippen LogP contribution in [0, 0.1) is 6.08 Å². The number of aromatic nitrogens is 4. The van der Waals surface area contributed by atoms with E-state index in [1.165, 1.54) is 82.9 Å². The first-order valence-corrected chi connectivity index (χ1v) is 24.5. The lowest BCUT2D eigenvalue weighted by atomic mass is 10.1. The maximum absolute atomic E-state index is 13.0. The largest absolute Gasteiger partial charge is 0.493 e. The minimum absolute atomic E-state index is 0.0168. The van der Waals surface area contributed by atoms with Gasteiger partial charge in [-0.15, -0.1) is 22.7 Å². The first-order valence-electron chi connectivity index (χ1n) is 19.1. The Hall–Kier alpha value is -6.18. The molecule has 3 N–H and O–H groups in total. The zero-order chi connectivity index (χ0) is 45.7. The summed E-state index contributed by atoms with van der Waals surface area (Å²) in [5.41, 5.74) is 10.5. The highest BCUT2D eigenvalue weighted by atomic mass is 35.7. The second kappa shape index (κ2) is 21.9. The maximum Gasteiger partial charge on any atom is 0.262 e. The van der Waals surface area contributed by atoms with Crippen LogP contribution in [0.2, 0.25) is 0 Å². The molecule has 1 aliphatic heterocycles. The van der Waals surface area contributed by atoms with Crippen LogP contribution >= 0.6 is 33.4 Å². The van der Waals surface area contributed by atoms with Gasteiger partial charge in [-0.2, -0.15) is 0 Å². The summed E-state index contributed by atoms with van der Waals surface area (Å²) in [5.74, 6) is 1.57. The van der Waals surface area contributed by atoms with Gasteiger partial charge in [-0.05, 0) is 61.4 Å². The van der Waals surface area contributed by atoms with Gasteiger partial charge in [-0.1, -0.05) is 12.1 Å². The van der Waals surface area contributed by atoms with Gasteiger partial charge < -0.3 is 29.4 Å². The van der Waals surface area contributed by atoms with Crippen molar-refractivity contribution in [3.05, 3.63) is 133 Å². The Balaban J connectivity index is 0.000000163. The Morgan fingerprint density at radius 2 is 1.27 bits per heavy atom. The van der Waals surface area contributed by atoms with Gasteiger partial charge in [0.05, 0.1) is 70.4 Å². The van der Waals surface area contributed by atoms with E-state index in [2.05, 4.69) is 30.7 Å². The highest BCUT2D eigenvalue weighted by Gasteiger charge is 2.21. The molecule has 0 spiro atoms. The summed E-state index contributed by atoms with van der Waals surface area (Å²) in [4.78, 5) is 17.4. The van der Waals surface area contributed by atoms with Crippen LogP contribution in [0.25, 0.3) is 36.6 Å². The van der Waals surface area contributed by atoms with E-state index in [1.807, 2.05) is 42.6 Å². The molecular weight excluding hydrogens is 920 g/mol. The van der Waals surface area contributed by atoms with Crippen molar-refractivity contribution in [2.24, 2.45) is 5.73 Å². The SMILES string of the molecule is C1CCOC1.COc1ccc(S(=O)(=O)Cl)cc1OC.COc1ccc(S(=O)(=O)Nc2ccccc2-c2nc3ccncc3s2)cc1OC.NC1=C(c2nc3ccncc3s2)C=C[C+]=C1. The summed E-state index contributed by atoms with van der Waals surface area (Å²) >= 11 is 3.05. The Bertz CT molecular complexity index is 2970. The fourth-order valence-electron chi connectivity index (χ4n) is 5.85. The molecule has 5 heterocycles. The number of ether oxygens (including phenoxy) is 5. The zero-order valence-corrected chi connectivity index (χ0v) is 38.9. The number of allylic oxidation sites excluding steroid dienone is 5. The lowest BCUT2D eigenvalue weighted by Gasteiger charge is -2.13. The average Bonchev–Trinajstić information content (AvgIpc) is 4.12. The first kappa shape index (κ1) is 47.3. The number of benzene rings is 3. The van der Waals surface area contributed by atoms with Gasteiger partial charge in [-0.3, -0.25) is 14.7 Å². The molecule has 1 aliphatic carbocycles. The van der Waals surface area contributed by atoms with Crippen molar-refractivity contribution in [2.45, 2.75) is 22.6 Å². The number of halogens is 1. The molecule has 1 saturated heterocycles. The van der Waals surface area contributed by atoms with Gasteiger partial charge in [0.15, 0.2) is 33.7 Å². The van der Waals surface area contributed by atoms with E-state index in [0.717, 1.165) is 44.2 Å². The number of para-hydroxylation sites is 1. The van der Waals surface area contributed by atoms with Crippen LogP contribution < -0.4 is 29.4 Å². The summed E-state index contributed by atoms with van der Waals surface area (Å²) in [7, 11) is 3.42. The van der Waals surface area contributed by atoms with E-state index >= 15 is 0 Å². The molecule has 64 heavy (non-hydrogen) atoms. The normalized spacial score (nSPS) is 13.1. The predicted octanol–water partition coefficient (Wildman–Crippen LogP) is 8.89. The number of methoxy groups -OCH3 is 4. The van der Waals surface area contributed by atoms with Crippen molar-refractivity contribution < 1.29 is 40.5 Å². The molecule has 2 aliphatic rings. The summed E-state index contributed by atoms with van der Waals surface area (Å²) in [6, 6.07) is 19.5. The summed E-state index contributed by atoms with van der Waals surface area (Å²) in [6.07, 6.45) is 18.0. The maximum atomic E-state index is 13.0. The quantitative estimate of drug-likeness (QED) is 0.0971. The number of pyridine rings is 2. The van der Waals surface area contributed by atoms with Gasteiger partial charge in [-0.25, -0.2) is 26.8 Å². The van der Waals surface area contributed by atoms with E-state index in [1.54, 1.807) is 54.2 Å². The fourth-order valence-corrected chi connectivity index (χ4v) is 9.67. The third-order valence-electron chi connectivity index (χ3n) is 9.04. The second-order valence-electron chi connectivity index (χ2n) is 13.2. The van der Waals surface area contributed by atoms with Crippen LogP contribution in [-0.2, 0) is 23.8 Å². The number of anilines is 1. The Morgan fingerprint density at radius 3 is 1.80 bits per heavy atom. The Kier molecular flexibility index (Phi) is 16.2. The standard InChI is InChI=1S/C20H17N3O4S2.C12H8N3S.C8H9ClO4S.C4H8O/c1-26-17-8-7-13(11-18(17)27-2)29(24,25)23-15-6-4-3-5-14(15)20-22-16-9-10-21-12-19(16)28-20;13-9-4-2-1-3-8(9)12-15-10-5-6-14-7-11(10)16-12;1-12-7-4-3-6(14(9,10)11)5-8(7)13-2;1-2-4-5-3-1/h3-12,23H,1-2H3;1,3-7H,13H2;3-5H,1-2H3;1-4H2/q;+1;;. The topological polar surface area (TPSA) is 204 Å². The van der Waals surface area contributed by atoms with Crippen LogP contribution in [-0.4, -0.2) is 78.4 Å². The number of nitrogens with one attached hydrogen (secondary N) is 1. The first-order chi connectivity index (χ1) is 30.8.